The molecule has 0 aromatic heterocycles. The Hall–Kier alpha value is -2.04. The van der Waals surface area contributed by atoms with Gasteiger partial charge in [0.1, 0.15) is 0 Å². The number of rotatable bonds is 6. The van der Waals surface area contributed by atoms with Gasteiger partial charge in [-0.15, -0.1) is 0 Å². The van der Waals surface area contributed by atoms with Crippen molar-refractivity contribution in [2.45, 2.75) is 58.9 Å². The Bertz CT molecular complexity index is 586. The summed E-state index contributed by atoms with van der Waals surface area (Å²) in [4.78, 5) is 23.8. The lowest BCUT2D eigenvalue weighted by molar-refractivity contribution is -0.120. The summed E-state index contributed by atoms with van der Waals surface area (Å²) in [6.45, 7) is 6.22. The first-order chi connectivity index (χ1) is 11.5. The van der Waals surface area contributed by atoms with Crippen LogP contribution in [0.5, 0.6) is 0 Å². The van der Waals surface area contributed by atoms with Crippen molar-refractivity contribution in [2.24, 2.45) is 5.92 Å². The van der Waals surface area contributed by atoms with Gasteiger partial charge >= 0.3 is 0 Å². The number of carbonyl (C=O) groups excluding carboxylic acids is 2. The molecule has 5 heteroatoms. The lowest BCUT2D eigenvalue weighted by Gasteiger charge is -2.29. The monoisotopic (exact) mass is 331 g/mol. The van der Waals surface area contributed by atoms with E-state index in [-0.39, 0.29) is 18.4 Å². The van der Waals surface area contributed by atoms with Crippen LogP contribution in [0.3, 0.4) is 0 Å². The van der Waals surface area contributed by atoms with E-state index in [2.05, 4.69) is 22.9 Å². The van der Waals surface area contributed by atoms with Crippen LogP contribution in [0, 0.1) is 12.8 Å². The summed E-state index contributed by atoms with van der Waals surface area (Å²) in [6.07, 6.45) is 5.17. The predicted molar refractivity (Wildman–Crippen MR) is 98.2 cm³/mol. The molecule has 0 heterocycles. The SMILES string of the molecule is CCC(=O)Nc1cccc(NCC(=O)N[C@@H]2CCCC[C@@H]2C)c1C. The van der Waals surface area contributed by atoms with Crippen LogP contribution in [0.15, 0.2) is 18.2 Å². The van der Waals surface area contributed by atoms with E-state index < -0.39 is 0 Å². The molecule has 1 aromatic rings. The minimum absolute atomic E-state index is 0.0146. The highest BCUT2D eigenvalue weighted by Crippen LogP contribution is 2.24. The van der Waals surface area contributed by atoms with Crippen LogP contribution >= 0.6 is 0 Å². The maximum Gasteiger partial charge on any atom is 0.239 e. The normalized spacial score (nSPS) is 20.3. The maximum atomic E-state index is 12.2. The molecule has 0 radical (unpaired) electrons. The van der Waals surface area contributed by atoms with Gasteiger partial charge in [0.15, 0.2) is 0 Å². The van der Waals surface area contributed by atoms with E-state index >= 15 is 0 Å². The molecule has 0 spiro atoms. The Balaban J connectivity index is 1.90. The molecule has 0 saturated heterocycles. The Morgan fingerprint density at radius 2 is 1.83 bits per heavy atom. The number of amides is 2. The van der Waals surface area contributed by atoms with Gasteiger partial charge in [-0.3, -0.25) is 9.59 Å². The first kappa shape index (κ1) is 18.3. The first-order valence-electron chi connectivity index (χ1n) is 8.94. The summed E-state index contributed by atoms with van der Waals surface area (Å²) >= 11 is 0. The van der Waals surface area contributed by atoms with Crippen LogP contribution in [0.2, 0.25) is 0 Å². The smallest absolute Gasteiger partial charge is 0.239 e. The number of hydrogen-bond acceptors (Lipinski definition) is 3. The van der Waals surface area contributed by atoms with Crippen molar-refractivity contribution in [1.82, 2.24) is 5.32 Å². The fourth-order valence-corrected chi connectivity index (χ4v) is 3.17. The van der Waals surface area contributed by atoms with Crippen LogP contribution in [-0.2, 0) is 9.59 Å². The number of benzene rings is 1. The minimum atomic E-state index is -0.0146. The fraction of sp³-hybridized carbons (Fsp3) is 0.579. The van der Waals surface area contributed by atoms with Gasteiger partial charge in [0.25, 0.3) is 0 Å². The summed E-state index contributed by atoms with van der Waals surface area (Å²) < 4.78 is 0. The molecule has 5 nitrogen and oxygen atoms in total. The van der Waals surface area contributed by atoms with E-state index in [9.17, 15) is 9.59 Å². The second-order valence-corrected chi connectivity index (χ2v) is 6.67. The van der Waals surface area contributed by atoms with Crippen molar-refractivity contribution >= 4 is 23.2 Å². The van der Waals surface area contributed by atoms with Crippen LogP contribution in [-0.4, -0.2) is 24.4 Å². The van der Waals surface area contributed by atoms with Gasteiger partial charge < -0.3 is 16.0 Å². The zero-order valence-electron chi connectivity index (χ0n) is 14.9. The van der Waals surface area contributed by atoms with E-state index in [4.69, 9.17) is 0 Å². The zero-order valence-corrected chi connectivity index (χ0v) is 14.9. The predicted octanol–water partition coefficient (Wildman–Crippen LogP) is 3.45. The van der Waals surface area contributed by atoms with Crippen molar-refractivity contribution in [3.05, 3.63) is 23.8 Å². The van der Waals surface area contributed by atoms with E-state index in [1.165, 1.54) is 19.3 Å². The molecular weight excluding hydrogens is 302 g/mol. The van der Waals surface area contributed by atoms with Crippen LogP contribution in [0.25, 0.3) is 0 Å². The molecule has 0 unspecified atom stereocenters. The average Bonchev–Trinajstić information content (AvgIpc) is 2.57. The highest BCUT2D eigenvalue weighted by atomic mass is 16.2. The molecule has 24 heavy (non-hydrogen) atoms. The van der Waals surface area contributed by atoms with Gasteiger partial charge in [-0.05, 0) is 43.4 Å². The summed E-state index contributed by atoms with van der Waals surface area (Å²) in [5, 5.41) is 9.21. The van der Waals surface area contributed by atoms with Gasteiger partial charge in [-0.25, -0.2) is 0 Å². The van der Waals surface area contributed by atoms with Gasteiger partial charge in [-0.1, -0.05) is 32.8 Å². The fourth-order valence-electron chi connectivity index (χ4n) is 3.17. The third kappa shape index (κ3) is 4.98. The highest BCUT2D eigenvalue weighted by Gasteiger charge is 2.22. The molecule has 1 saturated carbocycles. The Morgan fingerprint density at radius 1 is 1.12 bits per heavy atom. The quantitative estimate of drug-likeness (QED) is 0.748. The molecule has 1 fully saturated rings. The topological polar surface area (TPSA) is 70.2 Å². The van der Waals surface area contributed by atoms with Crippen molar-refractivity contribution in [1.29, 1.82) is 0 Å². The molecule has 1 aliphatic carbocycles. The van der Waals surface area contributed by atoms with Gasteiger partial charge in [0.2, 0.25) is 11.8 Å². The third-order valence-corrected chi connectivity index (χ3v) is 4.83. The summed E-state index contributed by atoms with van der Waals surface area (Å²) in [5.41, 5.74) is 2.60. The van der Waals surface area contributed by atoms with Crippen molar-refractivity contribution < 1.29 is 9.59 Å². The standard InChI is InChI=1S/C19H29N3O2/c1-4-18(23)22-17-11-7-10-16(14(17)3)20-12-19(24)21-15-9-6-5-8-13(15)2/h7,10-11,13,15,20H,4-6,8-9,12H2,1-3H3,(H,21,24)(H,22,23)/t13-,15+/m0/s1. The molecule has 0 bridgehead atoms. The molecule has 3 N–H and O–H groups in total. The van der Waals surface area contributed by atoms with Crippen molar-refractivity contribution in [2.75, 3.05) is 17.2 Å². The Morgan fingerprint density at radius 3 is 2.54 bits per heavy atom. The average molecular weight is 331 g/mol. The molecule has 0 aliphatic heterocycles. The van der Waals surface area contributed by atoms with E-state index in [1.807, 2.05) is 32.0 Å². The van der Waals surface area contributed by atoms with Crippen molar-refractivity contribution in [3.63, 3.8) is 0 Å². The summed E-state index contributed by atoms with van der Waals surface area (Å²) in [5.74, 6) is 0.562. The van der Waals surface area contributed by atoms with Crippen molar-refractivity contribution in [3.8, 4) is 0 Å². The van der Waals surface area contributed by atoms with Gasteiger partial charge in [-0.2, -0.15) is 0 Å². The molecule has 1 aliphatic rings. The largest absolute Gasteiger partial charge is 0.376 e. The molecule has 1 aromatic carbocycles. The molecule has 2 atom stereocenters. The van der Waals surface area contributed by atoms with Crippen LogP contribution in [0.1, 0.15) is 51.5 Å². The highest BCUT2D eigenvalue weighted by molar-refractivity contribution is 5.92. The lowest BCUT2D eigenvalue weighted by atomic mass is 9.86. The Labute approximate surface area is 144 Å². The van der Waals surface area contributed by atoms with E-state index in [0.717, 1.165) is 23.4 Å². The second kappa shape index (κ2) is 8.71. The number of carbonyl (C=O) groups is 2. The van der Waals surface area contributed by atoms with E-state index in [1.54, 1.807) is 0 Å². The van der Waals surface area contributed by atoms with Gasteiger partial charge in [0, 0.05) is 23.8 Å². The van der Waals surface area contributed by atoms with Crippen LogP contribution in [0.4, 0.5) is 11.4 Å². The molecule has 2 amide bonds. The lowest BCUT2D eigenvalue weighted by Crippen LogP contribution is -2.43. The summed E-state index contributed by atoms with van der Waals surface area (Å²) in [6, 6.07) is 5.97. The minimum Gasteiger partial charge on any atom is -0.376 e. The number of nitrogens with one attached hydrogen (secondary N) is 3. The summed E-state index contributed by atoms with van der Waals surface area (Å²) in [7, 11) is 0. The van der Waals surface area contributed by atoms with E-state index in [0.29, 0.717) is 18.4 Å². The number of anilines is 2. The molecule has 2 rings (SSSR count). The Kier molecular flexibility index (Phi) is 6.64. The molecular formula is C19H29N3O2. The van der Waals surface area contributed by atoms with Gasteiger partial charge in [0.05, 0.1) is 6.54 Å². The second-order valence-electron chi connectivity index (χ2n) is 6.67. The maximum absolute atomic E-state index is 12.2. The third-order valence-electron chi connectivity index (χ3n) is 4.83. The molecule has 132 valence electrons. The van der Waals surface area contributed by atoms with Crippen LogP contribution < -0.4 is 16.0 Å². The number of hydrogen-bond donors (Lipinski definition) is 3. The first-order valence-corrected chi connectivity index (χ1v) is 8.94. The zero-order chi connectivity index (χ0) is 17.5.